The van der Waals surface area contributed by atoms with Gasteiger partial charge in [-0.1, -0.05) is 30.4 Å². The molecule has 0 amide bonds. The molecule has 0 aliphatic heterocycles. The number of esters is 1. The molecule has 0 unspecified atom stereocenters. The van der Waals surface area contributed by atoms with Gasteiger partial charge in [0.1, 0.15) is 11.5 Å². The third-order valence-corrected chi connectivity index (χ3v) is 6.08. The Morgan fingerprint density at radius 1 is 1.25 bits per heavy atom. The van der Waals surface area contributed by atoms with E-state index in [4.69, 9.17) is 21.7 Å². The van der Waals surface area contributed by atoms with Crippen LogP contribution >= 0.6 is 28.1 Å². The molecule has 0 saturated heterocycles. The van der Waals surface area contributed by atoms with Crippen molar-refractivity contribution in [1.82, 2.24) is 9.47 Å². The minimum Gasteiger partial charge on any atom is -0.506 e. The Bertz CT molecular complexity index is 1140. The van der Waals surface area contributed by atoms with Crippen LogP contribution in [-0.2, 0) is 18.3 Å². The molecule has 0 fully saturated rings. The van der Waals surface area contributed by atoms with E-state index in [1.165, 1.54) is 0 Å². The normalized spacial score (nSPS) is 11.2. The highest BCUT2D eigenvalue weighted by Crippen LogP contribution is 2.40. The van der Waals surface area contributed by atoms with Gasteiger partial charge in [0, 0.05) is 35.8 Å². The fourth-order valence-corrected chi connectivity index (χ4v) is 4.50. The molecule has 6 nitrogen and oxygen atoms in total. The summed E-state index contributed by atoms with van der Waals surface area (Å²) in [5.41, 5.74) is 2.43. The molecule has 1 N–H and O–H groups in total. The van der Waals surface area contributed by atoms with Crippen molar-refractivity contribution in [3.63, 3.8) is 0 Å². The molecule has 32 heavy (non-hydrogen) atoms. The number of hydrogen-bond donors (Lipinski definition) is 1. The highest BCUT2D eigenvalue weighted by atomic mass is 79.9. The molecular formula is C24H27BrN2O4S. The largest absolute Gasteiger partial charge is 0.506 e. The number of fused-ring (bicyclic) bond motifs is 1. The lowest BCUT2D eigenvalue weighted by Crippen LogP contribution is -2.16. The summed E-state index contributed by atoms with van der Waals surface area (Å²) >= 11 is 9.21. The highest BCUT2D eigenvalue weighted by molar-refractivity contribution is 9.10. The van der Waals surface area contributed by atoms with Crippen LogP contribution in [0.1, 0.15) is 35.0 Å². The van der Waals surface area contributed by atoms with Crippen molar-refractivity contribution in [3.05, 3.63) is 57.7 Å². The fourth-order valence-electron chi connectivity index (χ4n) is 3.72. The summed E-state index contributed by atoms with van der Waals surface area (Å²) in [7, 11) is 5.69. The summed E-state index contributed by atoms with van der Waals surface area (Å²) in [4.78, 5) is 15.6. The van der Waals surface area contributed by atoms with Gasteiger partial charge in [0.2, 0.25) is 0 Å². The number of thiocarbonyl (C=S) groups is 1. The van der Waals surface area contributed by atoms with Gasteiger partial charge in [0.15, 0.2) is 0 Å². The minimum absolute atomic E-state index is 0.104. The molecule has 1 aromatic heterocycles. The number of carbonyl (C=O) groups is 1. The van der Waals surface area contributed by atoms with E-state index in [0.29, 0.717) is 51.1 Å². The first-order valence-corrected chi connectivity index (χ1v) is 11.5. The molecule has 3 rings (SSSR count). The molecular weight excluding hydrogens is 492 g/mol. The Morgan fingerprint density at radius 2 is 1.94 bits per heavy atom. The Morgan fingerprint density at radius 3 is 2.56 bits per heavy atom. The zero-order valence-electron chi connectivity index (χ0n) is 18.6. The van der Waals surface area contributed by atoms with Crippen LogP contribution in [0.3, 0.4) is 0 Å². The first kappa shape index (κ1) is 24.2. The summed E-state index contributed by atoms with van der Waals surface area (Å²) < 4.78 is 13.7. The van der Waals surface area contributed by atoms with Crippen molar-refractivity contribution in [3.8, 4) is 11.5 Å². The van der Waals surface area contributed by atoms with Gasteiger partial charge in [-0.15, -0.1) is 0 Å². The van der Waals surface area contributed by atoms with Gasteiger partial charge in [-0.2, -0.15) is 0 Å². The predicted octanol–water partition coefficient (Wildman–Crippen LogP) is 5.07. The number of nitrogens with zero attached hydrogens (tertiary/aromatic N) is 2. The summed E-state index contributed by atoms with van der Waals surface area (Å²) in [6.45, 7) is 2.83. The molecule has 0 atom stereocenters. The number of halogens is 1. The van der Waals surface area contributed by atoms with Gasteiger partial charge >= 0.3 is 5.97 Å². The van der Waals surface area contributed by atoms with Crippen LogP contribution in [0.2, 0.25) is 0 Å². The Labute approximate surface area is 201 Å². The van der Waals surface area contributed by atoms with Crippen molar-refractivity contribution in [2.75, 3.05) is 27.3 Å². The number of para-hydroxylation sites is 1. The molecule has 170 valence electrons. The van der Waals surface area contributed by atoms with Crippen LogP contribution in [0.15, 0.2) is 40.9 Å². The maximum absolute atomic E-state index is 13.1. The molecule has 0 aliphatic carbocycles. The topological polar surface area (TPSA) is 63.9 Å². The average Bonchev–Trinajstić information content (AvgIpc) is 3.04. The molecule has 0 radical (unpaired) electrons. The van der Waals surface area contributed by atoms with E-state index in [2.05, 4.69) is 15.9 Å². The SMILES string of the molecule is CCOC(=O)c1c(C(=S)CCOc2ccccc2)n(C)c2cc(Br)c(O)c(CN(C)C)c12. The standard InChI is InChI=1S/C24H27BrN2O4S/c1-5-30-24(29)21-20-16(14-26(2)3)23(28)17(25)13-18(20)27(4)22(21)19(32)11-12-31-15-9-7-6-8-10-15/h6-10,13,28H,5,11-12,14H2,1-4H3. The van der Waals surface area contributed by atoms with E-state index in [9.17, 15) is 9.90 Å². The first-order valence-electron chi connectivity index (χ1n) is 10.3. The second kappa shape index (κ2) is 10.5. The summed E-state index contributed by atoms with van der Waals surface area (Å²) in [5.74, 6) is 0.411. The van der Waals surface area contributed by atoms with Crippen LogP contribution in [0.5, 0.6) is 11.5 Å². The van der Waals surface area contributed by atoms with Crippen molar-refractivity contribution >= 4 is 49.9 Å². The Balaban J connectivity index is 2.10. The van der Waals surface area contributed by atoms with Crippen LogP contribution < -0.4 is 4.74 Å². The number of aryl methyl sites for hydroxylation is 1. The molecule has 1 heterocycles. The number of benzene rings is 2. The van der Waals surface area contributed by atoms with Gasteiger partial charge in [0.05, 0.1) is 34.5 Å². The number of ether oxygens (including phenoxy) is 2. The Hall–Kier alpha value is -2.42. The molecule has 8 heteroatoms. The van der Waals surface area contributed by atoms with Gasteiger partial charge in [-0.3, -0.25) is 0 Å². The van der Waals surface area contributed by atoms with Crippen molar-refractivity contribution in [2.24, 2.45) is 7.05 Å². The van der Waals surface area contributed by atoms with Crippen molar-refractivity contribution in [2.45, 2.75) is 19.9 Å². The number of phenols is 1. The monoisotopic (exact) mass is 518 g/mol. The lowest BCUT2D eigenvalue weighted by atomic mass is 10.0. The smallest absolute Gasteiger partial charge is 0.341 e. The molecule has 0 spiro atoms. The zero-order valence-corrected chi connectivity index (χ0v) is 21.0. The van der Waals surface area contributed by atoms with Crippen LogP contribution in [-0.4, -0.2) is 52.7 Å². The molecule has 0 saturated carbocycles. The van der Waals surface area contributed by atoms with Crippen molar-refractivity contribution < 1.29 is 19.4 Å². The fraction of sp³-hybridized carbons (Fsp3) is 0.333. The quantitative estimate of drug-likeness (QED) is 0.242. The van der Waals surface area contributed by atoms with Gasteiger partial charge in [-0.25, -0.2) is 4.79 Å². The number of rotatable bonds is 9. The number of aromatic nitrogens is 1. The van der Waals surface area contributed by atoms with Crippen LogP contribution in [0.4, 0.5) is 0 Å². The molecule has 0 bridgehead atoms. The number of hydrogen-bond acceptors (Lipinski definition) is 6. The average molecular weight is 519 g/mol. The predicted molar refractivity (Wildman–Crippen MR) is 134 cm³/mol. The Kier molecular flexibility index (Phi) is 7.92. The van der Waals surface area contributed by atoms with E-state index in [1.54, 1.807) is 13.0 Å². The molecule has 0 aliphatic rings. The summed E-state index contributed by atoms with van der Waals surface area (Å²) in [5, 5.41) is 11.5. The van der Waals surface area contributed by atoms with Crippen LogP contribution in [0, 0.1) is 0 Å². The van der Waals surface area contributed by atoms with E-state index >= 15 is 0 Å². The summed E-state index contributed by atoms with van der Waals surface area (Å²) in [6.07, 6.45) is 0.455. The molecule has 2 aromatic carbocycles. The van der Waals surface area contributed by atoms with E-state index < -0.39 is 5.97 Å². The number of carbonyl (C=O) groups excluding carboxylic acids is 1. The van der Waals surface area contributed by atoms with Gasteiger partial charge in [-0.05, 0) is 55.1 Å². The first-order chi connectivity index (χ1) is 15.3. The second-order valence-corrected chi connectivity index (χ2v) is 9.00. The third-order valence-electron chi connectivity index (χ3n) is 5.08. The highest BCUT2D eigenvalue weighted by Gasteiger charge is 2.29. The minimum atomic E-state index is -0.457. The van der Waals surface area contributed by atoms with Crippen LogP contribution in [0.25, 0.3) is 10.9 Å². The van der Waals surface area contributed by atoms with E-state index in [0.717, 1.165) is 11.3 Å². The van der Waals surface area contributed by atoms with Gasteiger partial charge in [0.25, 0.3) is 0 Å². The van der Waals surface area contributed by atoms with E-state index in [1.807, 2.05) is 60.9 Å². The van der Waals surface area contributed by atoms with Gasteiger partial charge < -0.3 is 24.0 Å². The number of aromatic hydroxyl groups is 1. The second-order valence-electron chi connectivity index (χ2n) is 7.66. The maximum Gasteiger partial charge on any atom is 0.341 e. The number of phenolic OH excluding ortho intramolecular Hbond substituents is 1. The molecule has 3 aromatic rings. The van der Waals surface area contributed by atoms with Crippen molar-refractivity contribution in [1.29, 1.82) is 0 Å². The summed E-state index contributed by atoms with van der Waals surface area (Å²) in [6, 6.07) is 11.3. The van der Waals surface area contributed by atoms with E-state index in [-0.39, 0.29) is 12.4 Å². The third kappa shape index (κ3) is 4.98. The lowest BCUT2D eigenvalue weighted by Gasteiger charge is -2.15. The maximum atomic E-state index is 13.1. The zero-order chi connectivity index (χ0) is 23.4. The lowest BCUT2D eigenvalue weighted by molar-refractivity contribution is 0.0528.